The molecule has 0 saturated heterocycles. The lowest BCUT2D eigenvalue weighted by Crippen LogP contribution is -2.41. The van der Waals surface area contributed by atoms with Crippen LogP contribution in [0, 0.1) is 5.92 Å². The summed E-state index contributed by atoms with van der Waals surface area (Å²) in [6, 6.07) is 0.648. The van der Waals surface area contributed by atoms with Crippen LogP contribution in [0.1, 0.15) is 39.0 Å². The van der Waals surface area contributed by atoms with Gasteiger partial charge in [-0.05, 0) is 44.8 Å². The van der Waals surface area contributed by atoms with Gasteiger partial charge in [0, 0.05) is 19.5 Å². The first kappa shape index (κ1) is 14.5. The summed E-state index contributed by atoms with van der Waals surface area (Å²) in [5.41, 5.74) is 5.82. The van der Waals surface area contributed by atoms with Gasteiger partial charge >= 0.3 is 0 Å². The molecule has 0 spiro atoms. The summed E-state index contributed by atoms with van der Waals surface area (Å²) < 4.78 is 0. The number of carbonyl (C=O) groups excluding carboxylic acids is 1. The van der Waals surface area contributed by atoms with Crippen molar-refractivity contribution in [3.63, 3.8) is 0 Å². The molecule has 0 heterocycles. The van der Waals surface area contributed by atoms with Crippen molar-refractivity contribution in [1.82, 2.24) is 10.2 Å². The second-order valence-electron chi connectivity index (χ2n) is 4.90. The van der Waals surface area contributed by atoms with Crippen molar-refractivity contribution in [2.24, 2.45) is 11.7 Å². The van der Waals surface area contributed by atoms with Crippen LogP contribution < -0.4 is 11.1 Å². The Morgan fingerprint density at radius 1 is 1.47 bits per heavy atom. The zero-order valence-electron chi connectivity index (χ0n) is 11.2. The summed E-state index contributed by atoms with van der Waals surface area (Å²) in [7, 11) is 1.70. The maximum atomic E-state index is 11.2. The normalized spacial score (nSPS) is 24.2. The fraction of sp³-hybridized carbons (Fsp3) is 0.923. The van der Waals surface area contributed by atoms with E-state index < -0.39 is 0 Å². The van der Waals surface area contributed by atoms with E-state index in [1.165, 1.54) is 19.3 Å². The topological polar surface area (TPSA) is 58.4 Å². The molecular weight excluding hydrogens is 214 g/mol. The number of nitrogens with two attached hydrogens (primary N) is 1. The first-order chi connectivity index (χ1) is 8.22. The lowest BCUT2D eigenvalue weighted by Gasteiger charge is -2.31. The molecule has 4 nitrogen and oxygen atoms in total. The Labute approximate surface area is 105 Å². The summed E-state index contributed by atoms with van der Waals surface area (Å²) in [5, 5.41) is 2.67. The quantitative estimate of drug-likeness (QED) is 0.698. The average Bonchev–Trinajstić information content (AvgIpc) is 2.82. The lowest BCUT2D eigenvalue weighted by atomic mass is 10.0. The van der Waals surface area contributed by atoms with Crippen molar-refractivity contribution in [3.05, 3.63) is 0 Å². The SMILES string of the molecule is CCN(CCCC(=O)NC)C1CCCC1CN. The van der Waals surface area contributed by atoms with Gasteiger partial charge in [-0.3, -0.25) is 4.79 Å². The van der Waals surface area contributed by atoms with Crippen molar-refractivity contribution in [1.29, 1.82) is 0 Å². The molecule has 1 amide bonds. The minimum absolute atomic E-state index is 0.142. The fourth-order valence-corrected chi connectivity index (χ4v) is 2.90. The van der Waals surface area contributed by atoms with E-state index in [4.69, 9.17) is 5.73 Å². The maximum Gasteiger partial charge on any atom is 0.219 e. The second kappa shape index (κ2) is 7.67. The van der Waals surface area contributed by atoms with E-state index in [1.54, 1.807) is 7.05 Å². The van der Waals surface area contributed by atoms with Gasteiger partial charge in [-0.25, -0.2) is 0 Å². The van der Waals surface area contributed by atoms with Crippen LogP contribution in [-0.4, -0.2) is 43.5 Å². The molecule has 4 heteroatoms. The third kappa shape index (κ3) is 4.28. The van der Waals surface area contributed by atoms with E-state index in [1.807, 2.05) is 0 Å². The highest BCUT2D eigenvalue weighted by molar-refractivity contribution is 5.75. The Bertz CT molecular complexity index is 233. The van der Waals surface area contributed by atoms with Crippen LogP contribution in [0.5, 0.6) is 0 Å². The van der Waals surface area contributed by atoms with E-state index in [9.17, 15) is 4.79 Å². The molecule has 1 aliphatic rings. The van der Waals surface area contributed by atoms with Gasteiger partial charge in [0.1, 0.15) is 0 Å². The molecule has 0 radical (unpaired) electrons. The van der Waals surface area contributed by atoms with E-state index in [0.29, 0.717) is 18.4 Å². The Kier molecular flexibility index (Phi) is 6.52. The predicted octanol–water partition coefficient (Wildman–Crippen LogP) is 0.962. The van der Waals surface area contributed by atoms with Gasteiger partial charge in [-0.1, -0.05) is 13.3 Å². The van der Waals surface area contributed by atoms with Crippen LogP contribution in [0.25, 0.3) is 0 Å². The van der Waals surface area contributed by atoms with E-state index in [2.05, 4.69) is 17.1 Å². The minimum atomic E-state index is 0.142. The standard InChI is InChI=1S/C13H27N3O/c1-3-16(9-5-8-13(17)15-2)12-7-4-6-11(12)10-14/h11-12H,3-10,14H2,1-2H3,(H,15,17). The highest BCUT2D eigenvalue weighted by atomic mass is 16.1. The summed E-state index contributed by atoms with van der Waals surface area (Å²) in [5.74, 6) is 0.804. The number of hydrogen-bond donors (Lipinski definition) is 2. The smallest absolute Gasteiger partial charge is 0.219 e. The summed E-state index contributed by atoms with van der Waals surface area (Å²) >= 11 is 0. The molecule has 1 fully saturated rings. The Balaban J connectivity index is 2.34. The molecule has 0 aromatic rings. The van der Waals surface area contributed by atoms with Gasteiger partial charge in [0.25, 0.3) is 0 Å². The van der Waals surface area contributed by atoms with Crippen LogP contribution >= 0.6 is 0 Å². The maximum absolute atomic E-state index is 11.2. The zero-order valence-corrected chi connectivity index (χ0v) is 11.2. The molecule has 100 valence electrons. The highest BCUT2D eigenvalue weighted by Gasteiger charge is 2.29. The van der Waals surface area contributed by atoms with Gasteiger partial charge in [0.2, 0.25) is 5.91 Å². The van der Waals surface area contributed by atoms with Crippen LogP contribution in [-0.2, 0) is 4.79 Å². The van der Waals surface area contributed by atoms with Crippen LogP contribution in [0.3, 0.4) is 0 Å². The first-order valence-corrected chi connectivity index (χ1v) is 6.87. The van der Waals surface area contributed by atoms with Gasteiger partial charge in [-0.2, -0.15) is 0 Å². The van der Waals surface area contributed by atoms with Crippen molar-refractivity contribution < 1.29 is 4.79 Å². The molecule has 0 bridgehead atoms. The summed E-state index contributed by atoms with van der Waals surface area (Å²) in [6.07, 6.45) is 5.43. The second-order valence-corrected chi connectivity index (χ2v) is 4.90. The Morgan fingerprint density at radius 2 is 2.24 bits per heavy atom. The number of hydrogen-bond acceptors (Lipinski definition) is 3. The van der Waals surface area contributed by atoms with Crippen LogP contribution in [0.15, 0.2) is 0 Å². The Morgan fingerprint density at radius 3 is 2.82 bits per heavy atom. The molecule has 0 aliphatic heterocycles. The number of nitrogens with zero attached hydrogens (tertiary/aromatic N) is 1. The highest BCUT2D eigenvalue weighted by Crippen LogP contribution is 2.29. The van der Waals surface area contributed by atoms with Gasteiger partial charge in [0.15, 0.2) is 0 Å². The monoisotopic (exact) mass is 241 g/mol. The van der Waals surface area contributed by atoms with E-state index in [0.717, 1.165) is 26.1 Å². The van der Waals surface area contributed by atoms with Crippen molar-refractivity contribution in [2.45, 2.75) is 45.1 Å². The molecule has 2 atom stereocenters. The number of amides is 1. The van der Waals surface area contributed by atoms with E-state index in [-0.39, 0.29) is 5.91 Å². The van der Waals surface area contributed by atoms with E-state index >= 15 is 0 Å². The summed E-state index contributed by atoms with van der Waals surface area (Å²) in [6.45, 7) is 5.09. The van der Waals surface area contributed by atoms with Crippen molar-refractivity contribution >= 4 is 5.91 Å². The molecule has 1 rings (SSSR count). The van der Waals surface area contributed by atoms with Gasteiger partial charge in [0.05, 0.1) is 0 Å². The van der Waals surface area contributed by atoms with Crippen molar-refractivity contribution in [2.75, 3.05) is 26.7 Å². The summed E-state index contributed by atoms with van der Waals surface area (Å²) in [4.78, 5) is 13.7. The molecule has 1 aliphatic carbocycles. The van der Waals surface area contributed by atoms with Crippen LogP contribution in [0.4, 0.5) is 0 Å². The predicted molar refractivity (Wildman–Crippen MR) is 70.7 cm³/mol. The zero-order chi connectivity index (χ0) is 12.7. The first-order valence-electron chi connectivity index (χ1n) is 6.87. The molecule has 0 aromatic heterocycles. The molecule has 17 heavy (non-hydrogen) atoms. The average molecular weight is 241 g/mol. The number of carbonyl (C=O) groups is 1. The minimum Gasteiger partial charge on any atom is -0.359 e. The third-order valence-corrected chi connectivity index (χ3v) is 3.92. The number of nitrogens with one attached hydrogen (secondary N) is 1. The number of rotatable bonds is 7. The molecular formula is C13H27N3O. The third-order valence-electron chi connectivity index (χ3n) is 3.92. The van der Waals surface area contributed by atoms with Crippen molar-refractivity contribution in [3.8, 4) is 0 Å². The Hall–Kier alpha value is -0.610. The van der Waals surface area contributed by atoms with Gasteiger partial charge in [-0.15, -0.1) is 0 Å². The fourth-order valence-electron chi connectivity index (χ4n) is 2.90. The van der Waals surface area contributed by atoms with Crippen LogP contribution in [0.2, 0.25) is 0 Å². The molecule has 1 saturated carbocycles. The molecule has 3 N–H and O–H groups in total. The van der Waals surface area contributed by atoms with Gasteiger partial charge < -0.3 is 16.0 Å². The molecule has 0 aromatic carbocycles. The largest absolute Gasteiger partial charge is 0.359 e. The molecule has 2 unspecified atom stereocenters. The lowest BCUT2D eigenvalue weighted by molar-refractivity contribution is -0.120.